The van der Waals surface area contributed by atoms with Crippen LogP contribution in [0, 0.1) is 20.8 Å². The number of hydrogen-bond acceptors (Lipinski definition) is 3. The largest absolute Gasteiger partial charge is 0.340 e. The highest BCUT2D eigenvalue weighted by molar-refractivity contribution is 7.92. The van der Waals surface area contributed by atoms with Gasteiger partial charge in [0.2, 0.25) is 5.91 Å². The van der Waals surface area contributed by atoms with Gasteiger partial charge in [-0.05, 0) is 55.7 Å². The summed E-state index contributed by atoms with van der Waals surface area (Å²) in [5, 5.41) is 0. The van der Waals surface area contributed by atoms with Crippen molar-refractivity contribution in [2.75, 3.05) is 17.9 Å². The zero-order chi connectivity index (χ0) is 22.6. The van der Waals surface area contributed by atoms with Crippen LogP contribution >= 0.6 is 0 Å². The standard InChI is InChI=1S/C25H28N2O3S/c1-19-13-15-23(16-14-19)31(29,30)27(24-12-8-9-20(2)21(24)3)18-25(28)26(4)17-22-10-6-5-7-11-22/h5-16H,17-18H2,1-4H3. The molecule has 0 spiro atoms. The van der Waals surface area contributed by atoms with Crippen LogP contribution in [0.2, 0.25) is 0 Å². The smallest absolute Gasteiger partial charge is 0.264 e. The zero-order valence-electron chi connectivity index (χ0n) is 18.4. The molecule has 0 heterocycles. The van der Waals surface area contributed by atoms with E-state index < -0.39 is 10.0 Å². The highest BCUT2D eigenvalue weighted by Gasteiger charge is 2.29. The lowest BCUT2D eigenvalue weighted by atomic mass is 10.1. The highest BCUT2D eigenvalue weighted by atomic mass is 32.2. The van der Waals surface area contributed by atoms with Gasteiger partial charge in [0, 0.05) is 13.6 Å². The number of rotatable bonds is 7. The predicted molar refractivity (Wildman–Crippen MR) is 125 cm³/mol. The monoisotopic (exact) mass is 436 g/mol. The quantitative estimate of drug-likeness (QED) is 0.549. The molecule has 3 rings (SSSR count). The van der Waals surface area contributed by atoms with Crippen molar-refractivity contribution in [2.24, 2.45) is 0 Å². The van der Waals surface area contributed by atoms with E-state index >= 15 is 0 Å². The molecule has 162 valence electrons. The van der Waals surface area contributed by atoms with Crippen molar-refractivity contribution in [1.29, 1.82) is 0 Å². The summed E-state index contributed by atoms with van der Waals surface area (Å²) < 4.78 is 28.4. The van der Waals surface area contributed by atoms with Gasteiger partial charge in [-0.25, -0.2) is 8.42 Å². The van der Waals surface area contributed by atoms with Crippen molar-refractivity contribution in [3.8, 4) is 0 Å². The molecule has 0 radical (unpaired) electrons. The number of anilines is 1. The minimum atomic E-state index is -3.93. The number of amides is 1. The molecule has 5 nitrogen and oxygen atoms in total. The van der Waals surface area contributed by atoms with E-state index in [1.807, 2.05) is 63.2 Å². The number of hydrogen-bond donors (Lipinski definition) is 0. The molecule has 0 unspecified atom stereocenters. The number of nitrogens with zero attached hydrogens (tertiary/aromatic N) is 2. The summed E-state index contributed by atoms with van der Waals surface area (Å²) in [7, 11) is -2.24. The fourth-order valence-corrected chi connectivity index (χ4v) is 4.80. The Balaban J connectivity index is 1.97. The summed E-state index contributed by atoms with van der Waals surface area (Å²) >= 11 is 0. The van der Waals surface area contributed by atoms with Crippen molar-refractivity contribution in [2.45, 2.75) is 32.2 Å². The molecular formula is C25H28N2O3S. The SMILES string of the molecule is Cc1ccc(S(=O)(=O)N(CC(=O)N(C)Cc2ccccc2)c2cccc(C)c2C)cc1. The molecule has 0 aliphatic carbocycles. The molecule has 3 aromatic rings. The minimum Gasteiger partial charge on any atom is -0.340 e. The van der Waals surface area contributed by atoms with E-state index in [1.165, 1.54) is 4.31 Å². The van der Waals surface area contributed by atoms with Crippen LogP contribution in [0.25, 0.3) is 0 Å². The topological polar surface area (TPSA) is 57.7 Å². The third-order valence-electron chi connectivity index (χ3n) is 5.42. The Kier molecular flexibility index (Phi) is 6.81. The van der Waals surface area contributed by atoms with Crippen molar-refractivity contribution >= 4 is 21.6 Å². The molecule has 3 aromatic carbocycles. The third-order valence-corrected chi connectivity index (χ3v) is 7.19. The Morgan fingerprint density at radius 2 is 1.48 bits per heavy atom. The van der Waals surface area contributed by atoms with Gasteiger partial charge < -0.3 is 4.90 Å². The summed E-state index contributed by atoms with van der Waals surface area (Å²) in [6.45, 7) is 5.84. The maximum absolute atomic E-state index is 13.6. The number of carbonyl (C=O) groups excluding carboxylic acids is 1. The Hall–Kier alpha value is -3.12. The average molecular weight is 437 g/mol. The highest BCUT2D eigenvalue weighted by Crippen LogP contribution is 2.29. The fourth-order valence-electron chi connectivity index (χ4n) is 3.33. The lowest BCUT2D eigenvalue weighted by Crippen LogP contribution is -2.41. The zero-order valence-corrected chi connectivity index (χ0v) is 19.2. The lowest BCUT2D eigenvalue weighted by molar-refractivity contribution is -0.128. The van der Waals surface area contributed by atoms with Crippen LogP contribution in [-0.2, 0) is 21.4 Å². The number of benzene rings is 3. The molecular weight excluding hydrogens is 408 g/mol. The van der Waals surface area contributed by atoms with Gasteiger partial charge in [0.05, 0.1) is 10.6 Å². The molecule has 0 fully saturated rings. The Bertz CT molecular complexity index is 1160. The molecule has 0 saturated carbocycles. The van der Waals surface area contributed by atoms with E-state index in [0.717, 1.165) is 22.3 Å². The Labute approximate surface area is 185 Å². The van der Waals surface area contributed by atoms with Crippen LogP contribution in [0.15, 0.2) is 77.7 Å². The van der Waals surface area contributed by atoms with E-state index in [-0.39, 0.29) is 17.3 Å². The summed E-state index contributed by atoms with van der Waals surface area (Å²) in [5.74, 6) is -0.277. The van der Waals surface area contributed by atoms with E-state index in [9.17, 15) is 13.2 Å². The fraction of sp³-hybridized carbons (Fsp3) is 0.240. The maximum atomic E-state index is 13.6. The van der Waals surface area contributed by atoms with Gasteiger partial charge in [-0.2, -0.15) is 0 Å². The van der Waals surface area contributed by atoms with Crippen LogP contribution in [0.5, 0.6) is 0 Å². The first-order valence-corrected chi connectivity index (χ1v) is 11.6. The first kappa shape index (κ1) is 22.6. The summed E-state index contributed by atoms with van der Waals surface area (Å²) in [4.78, 5) is 14.8. The van der Waals surface area contributed by atoms with Gasteiger partial charge in [0.25, 0.3) is 10.0 Å². The van der Waals surface area contributed by atoms with E-state index in [1.54, 1.807) is 42.3 Å². The second-order valence-electron chi connectivity index (χ2n) is 7.78. The first-order valence-electron chi connectivity index (χ1n) is 10.1. The van der Waals surface area contributed by atoms with Crippen LogP contribution in [-0.4, -0.2) is 32.8 Å². The van der Waals surface area contributed by atoms with Crippen molar-refractivity contribution in [3.63, 3.8) is 0 Å². The predicted octanol–water partition coefficient (Wildman–Crippen LogP) is 4.47. The molecule has 0 aliphatic rings. The van der Waals surface area contributed by atoms with Gasteiger partial charge in [-0.3, -0.25) is 9.10 Å². The van der Waals surface area contributed by atoms with Crippen LogP contribution < -0.4 is 4.31 Å². The van der Waals surface area contributed by atoms with Crippen molar-refractivity contribution in [3.05, 3.63) is 95.1 Å². The first-order chi connectivity index (χ1) is 14.7. The Morgan fingerprint density at radius 3 is 2.13 bits per heavy atom. The average Bonchev–Trinajstić information content (AvgIpc) is 2.75. The van der Waals surface area contributed by atoms with Gasteiger partial charge in [-0.1, -0.05) is 60.2 Å². The maximum Gasteiger partial charge on any atom is 0.264 e. The number of likely N-dealkylation sites (N-methyl/N-ethyl adjacent to an activating group) is 1. The number of carbonyl (C=O) groups is 1. The van der Waals surface area contributed by atoms with Crippen molar-refractivity contribution in [1.82, 2.24) is 4.90 Å². The van der Waals surface area contributed by atoms with Gasteiger partial charge in [-0.15, -0.1) is 0 Å². The molecule has 1 amide bonds. The summed E-state index contributed by atoms with van der Waals surface area (Å²) in [6, 6.07) is 21.8. The summed E-state index contributed by atoms with van der Waals surface area (Å²) in [6.07, 6.45) is 0. The molecule has 0 bridgehead atoms. The second-order valence-corrected chi connectivity index (χ2v) is 9.64. The van der Waals surface area contributed by atoms with E-state index in [2.05, 4.69) is 0 Å². The van der Waals surface area contributed by atoms with Crippen LogP contribution in [0.3, 0.4) is 0 Å². The number of aryl methyl sites for hydroxylation is 2. The summed E-state index contributed by atoms with van der Waals surface area (Å²) in [5.41, 5.74) is 4.26. The minimum absolute atomic E-state index is 0.164. The van der Waals surface area contributed by atoms with Gasteiger partial charge in [0.15, 0.2) is 0 Å². The lowest BCUT2D eigenvalue weighted by Gasteiger charge is -2.28. The molecule has 0 saturated heterocycles. The molecule has 0 aromatic heterocycles. The number of sulfonamides is 1. The Morgan fingerprint density at radius 1 is 0.839 bits per heavy atom. The third kappa shape index (κ3) is 5.14. The van der Waals surface area contributed by atoms with E-state index in [4.69, 9.17) is 0 Å². The van der Waals surface area contributed by atoms with Crippen molar-refractivity contribution < 1.29 is 13.2 Å². The second kappa shape index (κ2) is 9.35. The molecule has 0 atom stereocenters. The molecule has 0 aliphatic heterocycles. The van der Waals surface area contributed by atoms with Crippen LogP contribution in [0.4, 0.5) is 5.69 Å². The van der Waals surface area contributed by atoms with E-state index in [0.29, 0.717) is 12.2 Å². The normalized spacial score (nSPS) is 11.2. The molecule has 31 heavy (non-hydrogen) atoms. The van der Waals surface area contributed by atoms with Crippen LogP contribution in [0.1, 0.15) is 22.3 Å². The van der Waals surface area contributed by atoms with Gasteiger partial charge in [0.1, 0.15) is 6.54 Å². The molecule has 6 heteroatoms. The van der Waals surface area contributed by atoms with Gasteiger partial charge >= 0.3 is 0 Å². The molecule has 0 N–H and O–H groups in total.